The van der Waals surface area contributed by atoms with E-state index in [2.05, 4.69) is 4.90 Å². The van der Waals surface area contributed by atoms with Gasteiger partial charge in [0.25, 0.3) is 0 Å². The van der Waals surface area contributed by atoms with E-state index in [-0.39, 0.29) is 0 Å². The minimum Gasteiger partial charge on any atom is -0.497 e. The molecule has 0 heterocycles. The number of benzene rings is 4. The molecule has 4 aromatic rings. The highest BCUT2D eigenvalue weighted by molar-refractivity contribution is 6.30. The van der Waals surface area contributed by atoms with Crippen molar-refractivity contribution < 1.29 is 24.1 Å². The highest BCUT2D eigenvalue weighted by Crippen LogP contribution is 2.29. The van der Waals surface area contributed by atoms with Crippen LogP contribution in [0.15, 0.2) is 97.1 Å². The van der Waals surface area contributed by atoms with Crippen molar-refractivity contribution in [3.63, 3.8) is 0 Å². The molecular weight excluding hydrogens is 528 g/mol. The summed E-state index contributed by atoms with van der Waals surface area (Å²) < 4.78 is 17.6. The first-order valence-corrected chi connectivity index (χ1v) is 13.3. The molecule has 0 amide bonds. The zero-order chi connectivity index (χ0) is 28.3. The second-order valence-electron chi connectivity index (χ2n) is 9.35. The smallest absolute Gasteiger partial charge is 0.320 e. The van der Waals surface area contributed by atoms with E-state index in [0.29, 0.717) is 49.2 Å². The van der Waals surface area contributed by atoms with Gasteiger partial charge in [-0.05, 0) is 60.5 Å². The van der Waals surface area contributed by atoms with E-state index in [1.54, 1.807) is 7.11 Å². The van der Waals surface area contributed by atoms with Crippen LogP contribution in [0.25, 0.3) is 0 Å². The molecule has 0 aliphatic carbocycles. The molecule has 8 heteroatoms. The third-order valence-corrected chi connectivity index (χ3v) is 6.65. The van der Waals surface area contributed by atoms with Gasteiger partial charge in [-0.1, -0.05) is 60.1 Å². The molecule has 1 atom stereocenters. The first-order valence-electron chi connectivity index (χ1n) is 13.0. The number of carboxylic acids is 1. The average molecular weight is 561 g/mol. The van der Waals surface area contributed by atoms with Crippen LogP contribution in [-0.2, 0) is 24.5 Å². The lowest BCUT2D eigenvalue weighted by molar-refractivity contribution is -0.138. The zero-order valence-electron chi connectivity index (χ0n) is 22.3. The van der Waals surface area contributed by atoms with Crippen LogP contribution in [0.2, 0.25) is 5.02 Å². The van der Waals surface area contributed by atoms with Crippen LogP contribution in [0.4, 0.5) is 0 Å². The summed E-state index contributed by atoms with van der Waals surface area (Å²) in [7, 11) is 1.62. The summed E-state index contributed by atoms with van der Waals surface area (Å²) in [5, 5.41) is 10.0. The molecule has 0 aliphatic heterocycles. The molecule has 0 unspecified atom stereocenters. The Kier molecular flexibility index (Phi) is 10.4. The number of hydrogen-bond acceptors (Lipinski definition) is 6. The SMILES string of the molecule is COc1ccc(Oc2ccccc2CN(CC[C@H](N)C(=O)O)Cc2ccccc2OCc2ccc(Cl)cc2)cc1. The van der Waals surface area contributed by atoms with Crippen LogP contribution in [0, 0.1) is 0 Å². The zero-order valence-corrected chi connectivity index (χ0v) is 23.1. The molecule has 4 rings (SSSR count). The van der Waals surface area contributed by atoms with Gasteiger partial charge in [0.1, 0.15) is 35.6 Å². The van der Waals surface area contributed by atoms with Crippen LogP contribution >= 0.6 is 11.6 Å². The largest absolute Gasteiger partial charge is 0.497 e. The van der Waals surface area contributed by atoms with E-state index < -0.39 is 12.0 Å². The number of halogens is 1. The van der Waals surface area contributed by atoms with Crippen molar-refractivity contribution in [2.24, 2.45) is 5.73 Å². The molecule has 3 N–H and O–H groups in total. The number of aliphatic carboxylic acids is 1. The first kappa shape index (κ1) is 29.0. The Hall–Kier alpha value is -4.04. The summed E-state index contributed by atoms with van der Waals surface area (Å²) in [6.45, 7) is 1.91. The lowest BCUT2D eigenvalue weighted by Crippen LogP contribution is -2.35. The topological polar surface area (TPSA) is 94.2 Å². The lowest BCUT2D eigenvalue weighted by Gasteiger charge is -2.25. The maximum atomic E-state index is 11.4. The third-order valence-electron chi connectivity index (χ3n) is 6.40. The van der Waals surface area contributed by atoms with Gasteiger partial charge in [0.2, 0.25) is 0 Å². The molecular formula is C32H33ClN2O5. The first-order chi connectivity index (χ1) is 19.4. The van der Waals surface area contributed by atoms with E-state index in [1.807, 2.05) is 97.1 Å². The van der Waals surface area contributed by atoms with Crippen molar-refractivity contribution in [2.45, 2.75) is 32.2 Å². The molecule has 0 aromatic heterocycles. The predicted octanol–water partition coefficient (Wildman–Crippen LogP) is 6.52. The van der Waals surface area contributed by atoms with Gasteiger partial charge >= 0.3 is 5.97 Å². The Balaban J connectivity index is 1.53. The van der Waals surface area contributed by atoms with Gasteiger partial charge in [-0.3, -0.25) is 9.69 Å². The Morgan fingerprint density at radius 3 is 2.05 bits per heavy atom. The predicted molar refractivity (Wildman–Crippen MR) is 156 cm³/mol. The standard InChI is InChI=1S/C32H33ClN2O5/c1-38-27-14-16-28(17-15-27)40-31-9-5-3-7-25(31)21-35(19-18-29(34)32(36)37)20-24-6-2-4-8-30(24)39-22-23-10-12-26(33)13-11-23/h2-17,29H,18-22,34H2,1H3,(H,36,37)/t29-/m0/s1. The van der Waals surface area contributed by atoms with Crippen LogP contribution in [0.5, 0.6) is 23.0 Å². The second-order valence-corrected chi connectivity index (χ2v) is 9.79. The Bertz CT molecular complexity index is 1380. The molecule has 0 saturated carbocycles. The van der Waals surface area contributed by atoms with Gasteiger partial charge < -0.3 is 25.1 Å². The number of nitrogens with two attached hydrogens (primary N) is 1. The number of ether oxygens (including phenoxy) is 3. The van der Waals surface area contributed by atoms with Gasteiger partial charge in [-0.2, -0.15) is 0 Å². The quantitative estimate of drug-likeness (QED) is 0.181. The molecule has 0 spiro atoms. The van der Waals surface area contributed by atoms with Gasteiger partial charge in [0.15, 0.2) is 0 Å². The van der Waals surface area contributed by atoms with Crippen LogP contribution in [0.1, 0.15) is 23.1 Å². The molecule has 0 aliphatic rings. The molecule has 0 bridgehead atoms. The fraction of sp³-hybridized carbons (Fsp3) is 0.219. The van der Waals surface area contributed by atoms with E-state index in [0.717, 1.165) is 28.2 Å². The Morgan fingerprint density at radius 1 is 0.850 bits per heavy atom. The molecule has 7 nitrogen and oxygen atoms in total. The lowest BCUT2D eigenvalue weighted by atomic mass is 10.1. The monoisotopic (exact) mass is 560 g/mol. The molecule has 0 saturated heterocycles. The number of carbonyl (C=O) groups is 1. The molecule has 40 heavy (non-hydrogen) atoms. The Labute approximate surface area is 239 Å². The normalized spacial score (nSPS) is 11.7. The van der Waals surface area contributed by atoms with Crippen LogP contribution in [-0.4, -0.2) is 35.7 Å². The number of nitrogens with zero attached hydrogens (tertiary/aromatic N) is 1. The van der Waals surface area contributed by atoms with Crippen molar-refractivity contribution in [2.75, 3.05) is 13.7 Å². The van der Waals surface area contributed by atoms with Crippen molar-refractivity contribution >= 4 is 17.6 Å². The maximum Gasteiger partial charge on any atom is 0.320 e. The molecule has 208 valence electrons. The summed E-state index contributed by atoms with van der Waals surface area (Å²) >= 11 is 6.01. The highest BCUT2D eigenvalue weighted by atomic mass is 35.5. The van der Waals surface area contributed by atoms with E-state index in [4.69, 9.17) is 31.5 Å². The summed E-state index contributed by atoms with van der Waals surface area (Å²) in [4.78, 5) is 13.6. The van der Waals surface area contributed by atoms with Crippen molar-refractivity contribution in [1.29, 1.82) is 0 Å². The maximum absolute atomic E-state index is 11.4. The number of carboxylic acid groups (broad SMARTS) is 1. The van der Waals surface area contributed by atoms with E-state index >= 15 is 0 Å². The van der Waals surface area contributed by atoms with Crippen molar-refractivity contribution in [1.82, 2.24) is 4.90 Å². The highest BCUT2D eigenvalue weighted by Gasteiger charge is 2.18. The molecule has 0 radical (unpaired) electrons. The third kappa shape index (κ3) is 8.48. The van der Waals surface area contributed by atoms with Crippen LogP contribution < -0.4 is 19.9 Å². The minimum atomic E-state index is -1.02. The minimum absolute atomic E-state index is 0.296. The number of rotatable bonds is 14. The van der Waals surface area contributed by atoms with Gasteiger partial charge in [0.05, 0.1) is 7.11 Å². The average Bonchev–Trinajstić information content (AvgIpc) is 2.97. The fourth-order valence-corrected chi connectivity index (χ4v) is 4.29. The second kappa shape index (κ2) is 14.4. The fourth-order valence-electron chi connectivity index (χ4n) is 4.16. The van der Waals surface area contributed by atoms with Gasteiger partial charge in [-0.25, -0.2) is 0 Å². The molecule has 4 aromatic carbocycles. The van der Waals surface area contributed by atoms with Gasteiger partial charge in [-0.15, -0.1) is 0 Å². The summed E-state index contributed by atoms with van der Waals surface area (Å²) in [5.74, 6) is 1.89. The number of para-hydroxylation sites is 2. The van der Waals surface area contributed by atoms with Gasteiger partial charge in [0, 0.05) is 35.8 Å². The summed E-state index contributed by atoms with van der Waals surface area (Å²) in [6, 6.07) is 29.7. The van der Waals surface area contributed by atoms with Crippen LogP contribution in [0.3, 0.4) is 0 Å². The van der Waals surface area contributed by atoms with Crippen molar-refractivity contribution in [3.8, 4) is 23.0 Å². The molecule has 0 fully saturated rings. The number of hydrogen-bond donors (Lipinski definition) is 2. The summed E-state index contributed by atoms with van der Waals surface area (Å²) in [6.07, 6.45) is 0.296. The van der Waals surface area contributed by atoms with Crippen molar-refractivity contribution in [3.05, 3.63) is 119 Å². The van der Waals surface area contributed by atoms with E-state index in [9.17, 15) is 9.90 Å². The van der Waals surface area contributed by atoms with E-state index in [1.165, 1.54) is 0 Å². The summed E-state index contributed by atoms with van der Waals surface area (Å²) in [5.41, 5.74) is 8.81. The number of methoxy groups -OCH3 is 1. The Morgan fingerprint density at radius 2 is 1.43 bits per heavy atom.